The molecule has 180 valence electrons. The summed E-state index contributed by atoms with van der Waals surface area (Å²) in [6.45, 7) is -0.833. The van der Waals surface area contributed by atoms with Crippen LogP contribution in [0.15, 0.2) is 29.2 Å². The van der Waals surface area contributed by atoms with Gasteiger partial charge in [-0.1, -0.05) is 11.6 Å². The van der Waals surface area contributed by atoms with Crippen LogP contribution >= 0.6 is 11.6 Å². The molecule has 33 heavy (non-hydrogen) atoms. The summed E-state index contributed by atoms with van der Waals surface area (Å²) in [5.74, 6) is -2.94. The molecular formula is C21H21ClF3NO7. The molecule has 1 aromatic heterocycles. The summed E-state index contributed by atoms with van der Waals surface area (Å²) in [7, 11) is 1.27. The second-order valence-corrected chi connectivity index (χ2v) is 7.65. The Kier molecular flexibility index (Phi) is 7.88. The predicted molar refractivity (Wildman–Crippen MR) is 111 cm³/mol. The van der Waals surface area contributed by atoms with Crippen LogP contribution in [0, 0.1) is 0 Å². The van der Waals surface area contributed by atoms with Gasteiger partial charge in [-0.05, 0) is 24.6 Å². The molecule has 0 aliphatic carbocycles. The van der Waals surface area contributed by atoms with E-state index in [1.165, 1.54) is 31.5 Å². The van der Waals surface area contributed by atoms with Crippen LogP contribution < -0.4 is 15.0 Å². The second kappa shape index (κ2) is 10.4. The number of ether oxygens (including phenoxy) is 4. The van der Waals surface area contributed by atoms with Crippen LogP contribution in [-0.4, -0.2) is 61.9 Å². The normalized spacial score (nSPS) is 17.4. The number of aromatic amines is 1. The Morgan fingerprint density at radius 1 is 1.33 bits per heavy atom. The molecule has 1 aliphatic rings. The molecule has 3 rings (SSSR count). The fourth-order valence-corrected chi connectivity index (χ4v) is 3.73. The number of benzene rings is 1. The third-order valence-corrected chi connectivity index (χ3v) is 5.18. The van der Waals surface area contributed by atoms with E-state index < -0.39 is 36.3 Å². The Morgan fingerprint density at radius 3 is 2.70 bits per heavy atom. The summed E-state index contributed by atoms with van der Waals surface area (Å²) in [4.78, 5) is 27.5. The highest BCUT2D eigenvalue weighted by Crippen LogP contribution is 2.42. The van der Waals surface area contributed by atoms with Gasteiger partial charge >= 0.3 is 12.1 Å². The molecule has 2 heterocycles. The summed E-state index contributed by atoms with van der Waals surface area (Å²) >= 11 is 6.08. The first-order valence-electron chi connectivity index (χ1n) is 9.82. The number of hydrogen-bond donors (Lipinski definition) is 2. The summed E-state index contributed by atoms with van der Waals surface area (Å²) in [5.41, 5.74) is -1.03. The van der Waals surface area contributed by atoms with Crippen molar-refractivity contribution in [1.29, 1.82) is 0 Å². The summed E-state index contributed by atoms with van der Waals surface area (Å²) < 4.78 is 59.5. The maximum absolute atomic E-state index is 12.9. The SMILES string of the molecule is COc1c[nH]c(=O)c(C(CC2COCCO2)C(=O)O)c1-c1cc(Cl)ccc1OCC(F)(F)F. The summed E-state index contributed by atoms with van der Waals surface area (Å²) in [6, 6.07) is 3.81. The highest BCUT2D eigenvalue weighted by atomic mass is 35.5. The zero-order valence-electron chi connectivity index (χ0n) is 17.4. The fraction of sp³-hybridized carbons (Fsp3) is 0.429. The Balaban J connectivity index is 2.18. The average Bonchev–Trinajstić information content (AvgIpc) is 2.76. The van der Waals surface area contributed by atoms with Crippen molar-refractivity contribution in [3.05, 3.63) is 45.3 Å². The molecule has 0 saturated carbocycles. The van der Waals surface area contributed by atoms with Gasteiger partial charge in [0.25, 0.3) is 5.56 Å². The van der Waals surface area contributed by atoms with Crippen molar-refractivity contribution in [3.63, 3.8) is 0 Å². The van der Waals surface area contributed by atoms with Gasteiger partial charge in [0.15, 0.2) is 6.61 Å². The first-order valence-corrected chi connectivity index (χ1v) is 10.2. The molecule has 8 nitrogen and oxygen atoms in total. The monoisotopic (exact) mass is 491 g/mol. The molecule has 2 unspecified atom stereocenters. The first-order chi connectivity index (χ1) is 15.6. The first kappa shape index (κ1) is 24.9. The van der Waals surface area contributed by atoms with Gasteiger partial charge in [-0.25, -0.2) is 0 Å². The maximum atomic E-state index is 12.9. The third kappa shape index (κ3) is 6.18. The highest BCUT2D eigenvalue weighted by Gasteiger charge is 2.34. The van der Waals surface area contributed by atoms with E-state index in [-0.39, 0.29) is 52.8 Å². The molecule has 2 aromatic rings. The maximum Gasteiger partial charge on any atom is 0.422 e. The van der Waals surface area contributed by atoms with Crippen LogP contribution in [0.5, 0.6) is 11.5 Å². The molecular weight excluding hydrogens is 471 g/mol. The molecule has 1 saturated heterocycles. The lowest BCUT2D eigenvalue weighted by Gasteiger charge is -2.26. The predicted octanol–water partition coefficient (Wildman–Crippen LogP) is 3.62. The molecule has 0 spiro atoms. The standard InChI is InChI=1S/C21H21ClF3NO7/c1-30-16-8-26-19(27)18(14(20(28)29)7-12-9-31-4-5-32-12)17(16)13-6-11(22)2-3-15(13)33-10-21(23,24)25/h2-3,6,8,12,14H,4-5,7,9-10H2,1H3,(H,26,27)(H,28,29). The minimum absolute atomic E-state index is 0.0169. The Labute approximate surface area is 191 Å². The van der Waals surface area contributed by atoms with E-state index in [4.69, 9.17) is 30.5 Å². The second-order valence-electron chi connectivity index (χ2n) is 7.21. The van der Waals surface area contributed by atoms with Crippen LogP contribution in [-0.2, 0) is 14.3 Å². The molecule has 0 bridgehead atoms. The van der Waals surface area contributed by atoms with Crippen LogP contribution in [0.1, 0.15) is 17.9 Å². The molecule has 1 aromatic carbocycles. The number of carbonyl (C=O) groups is 1. The van der Waals surface area contributed by atoms with E-state index in [2.05, 4.69) is 4.98 Å². The van der Waals surface area contributed by atoms with Crippen molar-refractivity contribution >= 4 is 17.6 Å². The fourth-order valence-electron chi connectivity index (χ4n) is 3.56. The number of methoxy groups -OCH3 is 1. The number of carboxylic acid groups (broad SMARTS) is 1. The van der Waals surface area contributed by atoms with Gasteiger partial charge in [0, 0.05) is 27.9 Å². The summed E-state index contributed by atoms with van der Waals surface area (Å²) in [5, 5.41) is 10.1. The van der Waals surface area contributed by atoms with E-state index in [1.54, 1.807) is 0 Å². The number of aromatic nitrogens is 1. The van der Waals surface area contributed by atoms with Crippen LogP contribution in [0.25, 0.3) is 11.1 Å². The minimum atomic E-state index is -4.63. The zero-order valence-corrected chi connectivity index (χ0v) is 18.2. The van der Waals surface area contributed by atoms with Crippen LogP contribution in [0.2, 0.25) is 5.02 Å². The number of alkyl halides is 3. The van der Waals surface area contributed by atoms with Crippen molar-refractivity contribution in [3.8, 4) is 22.6 Å². The molecule has 0 radical (unpaired) electrons. The largest absolute Gasteiger partial charge is 0.495 e. The lowest BCUT2D eigenvalue weighted by molar-refractivity contribution is -0.153. The van der Waals surface area contributed by atoms with E-state index in [1.807, 2.05) is 0 Å². The average molecular weight is 492 g/mol. The smallest absolute Gasteiger partial charge is 0.422 e. The number of nitrogens with one attached hydrogen (secondary N) is 1. The number of H-pyrrole nitrogens is 1. The van der Waals surface area contributed by atoms with Crippen LogP contribution in [0.4, 0.5) is 13.2 Å². The van der Waals surface area contributed by atoms with Crippen molar-refractivity contribution < 1.29 is 42.0 Å². The molecule has 0 amide bonds. The molecule has 2 N–H and O–H groups in total. The highest BCUT2D eigenvalue weighted by molar-refractivity contribution is 6.31. The summed E-state index contributed by atoms with van der Waals surface area (Å²) in [6.07, 6.45) is -4.15. The Morgan fingerprint density at radius 2 is 2.09 bits per heavy atom. The Hall–Kier alpha value is -2.76. The zero-order chi connectivity index (χ0) is 24.2. The van der Waals surface area contributed by atoms with Crippen molar-refractivity contribution in [2.75, 3.05) is 33.5 Å². The van der Waals surface area contributed by atoms with Gasteiger partial charge in [-0.2, -0.15) is 13.2 Å². The van der Waals surface area contributed by atoms with E-state index in [9.17, 15) is 27.9 Å². The van der Waals surface area contributed by atoms with Gasteiger partial charge in [-0.3, -0.25) is 9.59 Å². The lowest BCUT2D eigenvalue weighted by Crippen LogP contribution is -2.33. The van der Waals surface area contributed by atoms with E-state index >= 15 is 0 Å². The molecule has 1 fully saturated rings. The Bertz CT molecular complexity index is 1050. The number of halogens is 4. The minimum Gasteiger partial charge on any atom is -0.495 e. The van der Waals surface area contributed by atoms with Crippen molar-refractivity contribution in [1.82, 2.24) is 4.98 Å². The van der Waals surface area contributed by atoms with E-state index in [0.29, 0.717) is 6.61 Å². The molecule has 1 aliphatic heterocycles. The topological polar surface area (TPSA) is 107 Å². The van der Waals surface area contributed by atoms with Gasteiger partial charge in [0.05, 0.1) is 39.0 Å². The molecule has 12 heteroatoms. The lowest BCUT2D eigenvalue weighted by atomic mass is 9.87. The quantitative estimate of drug-likeness (QED) is 0.580. The third-order valence-electron chi connectivity index (χ3n) is 4.95. The van der Waals surface area contributed by atoms with Gasteiger partial charge < -0.3 is 29.0 Å². The number of aliphatic carboxylic acids is 1. The number of rotatable bonds is 8. The number of pyridine rings is 1. The molecule has 2 atom stereocenters. The number of carboxylic acids is 1. The van der Waals surface area contributed by atoms with Crippen molar-refractivity contribution in [2.24, 2.45) is 0 Å². The number of hydrogen-bond acceptors (Lipinski definition) is 6. The van der Waals surface area contributed by atoms with Crippen LogP contribution in [0.3, 0.4) is 0 Å². The van der Waals surface area contributed by atoms with Gasteiger partial charge in [0.2, 0.25) is 0 Å². The van der Waals surface area contributed by atoms with Crippen molar-refractivity contribution in [2.45, 2.75) is 24.6 Å². The van der Waals surface area contributed by atoms with Gasteiger partial charge in [-0.15, -0.1) is 0 Å². The van der Waals surface area contributed by atoms with E-state index in [0.717, 1.165) is 0 Å². The van der Waals surface area contributed by atoms with Gasteiger partial charge in [0.1, 0.15) is 11.5 Å².